The molecule has 0 saturated carbocycles. The number of nitrogens with zero attached hydrogens (tertiary/aromatic N) is 3. The minimum absolute atomic E-state index is 0.535. The molecule has 4 rings (SSSR count). The lowest BCUT2D eigenvalue weighted by Gasteiger charge is -2.11. The van der Waals surface area contributed by atoms with Crippen LogP contribution in [-0.4, -0.2) is 33.6 Å². The summed E-state index contributed by atoms with van der Waals surface area (Å²) in [6.07, 6.45) is 3.04. The molecule has 0 amide bonds. The van der Waals surface area contributed by atoms with E-state index in [2.05, 4.69) is 64.5 Å². The predicted molar refractivity (Wildman–Crippen MR) is 120 cm³/mol. The summed E-state index contributed by atoms with van der Waals surface area (Å²) in [7, 11) is 2.04. The average Bonchev–Trinajstić information content (AvgIpc) is 3.27. The van der Waals surface area contributed by atoms with Crippen LogP contribution in [0.25, 0.3) is 21.9 Å². The lowest BCUT2D eigenvalue weighted by atomic mass is 10.1. The summed E-state index contributed by atoms with van der Waals surface area (Å²) in [6.45, 7) is 6.36. The number of nitrogens with one attached hydrogen (secondary N) is 3. The second kappa shape index (κ2) is 8.39. The van der Waals surface area contributed by atoms with Gasteiger partial charge in [-0.05, 0) is 49.6 Å². The Morgan fingerprint density at radius 2 is 2.03 bits per heavy atom. The molecule has 29 heavy (non-hydrogen) atoms. The highest BCUT2D eigenvalue weighted by Gasteiger charge is 2.08. The Balaban J connectivity index is 1.42. The fourth-order valence-corrected chi connectivity index (χ4v) is 3.65. The predicted octanol–water partition coefficient (Wildman–Crippen LogP) is 3.66. The first-order valence-electron chi connectivity index (χ1n) is 10.1. The van der Waals surface area contributed by atoms with E-state index in [1.165, 1.54) is 22.0 Å². The first-order valence-corrected chi connectivity index (χ1v) is 10.1. The summed E-state index contributed by atoms with van der Waals surface area (Å²) >= 11 is 0. The molecule has 2 aromatic carbocycles. The van der Waals surface area contributed by atoms with Crippen molar-refractivity contribution >= 4 is 27.9 Å². The molecule has 0 bridgehead atoms. The van der Waals surface area contributed by atoms with Crippen molar-refractivity contribution in [1.82, 2.24) is 25.2 Å². The zero-order valence-corrected chi connectivity index (χ0v) is 17.3. The standard InChI is InChI=1S/C23H28N6/c1-4-24-23(27-15-22-28-19-7-5-6-8-21(19)29(22)3)25-12-11-17-14-26-20-13-16(2)9-10-18(17)20/h5-10,13-14,26H,4,11-12,15H2,1-3H3,(H2,24,25,27). The zero-order chi connectivity index (χ0) is 20.2. The minimum atomic E-state index is 0.535. The summed E-state index contributed by atoms with van der Waals surface area (Å²) in [5.74, 6) is 1.77. The van der Waals surface area contributed by atoms with Gasteiger partial charge in [-0.25, -0.2) is 9.98 Å². The average molecular weight is 389 g/mol. The number of aromatic nitrogens is 3. The van der Waals surface area contributed by atoms with Gasteiger partial charge >= 0.3 is 0 Å². The van der Waals surface area contributed by atoms with E-state index in [1.807, 2.05) is 25.2 Å². The SMILES string of the molecule is CCNC(=NCc1nc2ccccc2n1C)NCCc1c[nH]c2cc(C)ccc12. The fraction of sp³-hybridized carbons (Fsp3) is 0.304. The zero-order valence-electron chi connectivity index (χ0n) is 17.3. The maximum atomic E-state index is 4.74. The molecule has 0 saturated heterocycles. The molecule has 6 nitrogen and oxygen atoms in total. The van der Waals surface area contributed by atoms with Crippen LogP contribution in [-0.2, 0) is 20.0 Å². The number of aromatic amines is 1. The van der Waals surface area contributed by atoms with Crippen molar-refractivity contribution < 1.29 is 0 Å². The van der Waals surface area contributed by atoms with Gasteiger partial charge < -0.3 is 20.2 Å². The molecule has 0 radical (unpaired) electrons. The monoisotopic (exact) mass is 388 g/mol. The molecule has 3 N–H and O–H groups in total. The second-order valence-electron chi connectivity index (χ2n) is 7.31. The lowest BCUT2D eigenvalue weighted by molar-refractivity contribution is 0.773. The number of imidazole rings is 1. The van der Waals surface area contributed by atoms with Crippen LogP contribution in [0.4, 0.5) is 0 Å². The topological polar surface area (TPSA) is 70.0 Å². The van der Waals surface area contributed by atoms with Crippen LogP contribution in [0.3, 0.4) is 0 Å². The van der Waals surface area contributed by atoms with Crippen molar-refractivity contribution in [2.45, 2.75) is 26.8 Å². The van der Waals surface area contributed by atoms with Crippen LogP contribution in [0.2, 0.25) is 0 Å². The number of para-hydroxylation sites is 2. The third-order valence-corrected chi connectivity index (χ3v) is 5.21. The lowest BCUT2D eigenvalue weighted by Crippen LogP contribution is -2.38. The van der Waals surface area contributed by atoms with E-state index in [9.17, 15) is 0 Å². The maximum absolute atomic E-state index is 4.74. The van der Waals surface area contributed by atoms with E-state index >= 15 is 0 Å². The van der Waals surface area contributed by atoms with E-state index in [-0.39, 0.29) is 0 Å². The first-order chi connectivity index (χ1) is 14.2. The number of hydrogen-bond donors (Lipinski definition) is 3. The van der Waals surface area contributed by atoms with Crippen LogP contribution in [0, 0.1) is 6.92 Å². The summed E-state index contributed by atoms with van der Waals surface area (Å²) in [4.78, 5) is 12.8. The van der Waals surface area contributed by atoms with Crippen LogP contribution < -0.4 is 10.6 Å². The molecule has 0 unspecified atom stereocenters. The van der Waals surface area contributed by atoms with Gasteiger partial charge in [-0.3, -0.25) is 0 Å². The van der Waals surface area contributed by atoms with Crippen LogP contribution in [0.15, 0.2) is 53.7 Å². The number of aryl methyl sites for hydroxylation is 2. The van der Waals surface area contributed by atoms with Crippen molar-refractivity contribution in [1.29, 1.82) is 0 Å². The number of guanidine groups is 1. The Hall–Kier alpha value is -3.28. The van der Waals surface area contributed by atoms with Crippen LogP contribution >= 0.6 is 0 Å². The molecule has 6 heteroatoms. The quantitative estimate of drug-likeness (QED) is 0.349. The third kappa shape index (κ3) is 4.11. The molecular formula is C23H28N6. The molecule has 0 aliphatic rings. The van der Waals surface area contributed by atoms with E-state index in [0.717, 1.165) is 42.3 Å². The summed E-state index contributed by atoms with van der Waals surface area (Å²) in [6, 6.07) is 14.7. The maximum Gasteiger partial charge on any atom is 0.191 e. The van der Waals surface area contributed by atoms with E-state index in [0.29, 0.717) is 6.54 Å². The molecule has 0 aliphatic carbocycles. The van der Waals surface area contributed by atoms with Crippen molar-refractivity contribution in [2.24, 2.45) is 12.0 Å². The van der Waals surface area contributed by atoms with Crippen molar-refractivity contribution in [3.05, 3.63) is 65.6 Å². The summed E-state index contributed by atoms with van der Waals surface area (Å²) in [5.41, 5.74) is 5.92. The number of benzene rings is 2. The van der Waals surface area contributed by atoms with Crippen molar-refractivity contribution in [3.8, 4) is 0 Å². The molecule has 4 aromatic rings. The number of rotatable bonds is 6. The van der Waals surface area contributed by atoms with Gasteiger partial charge in [0.1, 0.15) is 12.4 Å². The molecule has 0 aliphatic heterocycles. The van der Waals surface area contributed by atoms with Gasteiger partial charge in [0.2, 0.25) is 0 Å². The first kappa shape index (κ1) is 19.1. The third-order valence-electron chi connectivity index (χ3n) is 5.21. The van der Waals surface area contributed by atoms with Crippen LogP contribution in [0.5, 0.6) is 0 Å². The molecule has 2 heterocycles. The Kier molecular flexibility index (Phi) is 5.51. The molecule has 0 spiro atoms. The Labute approximate surface area is 171 Å². The largest absolute Gasteiger partial charge is 0.361 e. The van der Waals surface area contributed by atoms with Crippen LogP contribution in [0.1, 0.15) is 23.9 Å². The van der Waals surface area contributed by atoms with E-state index in [1.54, 1.807) is 0 Å². The van der Waals surface area contributed by atoms with Gasteiger partial charge in [-0.1, -0.05) is 24.3 Å². The van der Waals surface area contributed by atoms with Gasteiger partial charge in [-0.15, -0.1) is 0 Å². The number of aliphatic imine (C=N–C) groups is 1. The van der Waals surface area contributed by atoms with Gasteiger partial charge in [0, 0.05) is 37.2 Å². The van der Waals surface area contributed by atoms with Crippen molar-refractivity contribution in [3.63, 3.8) is 0 Å². The molecule has 0 fully saturated rings. The van der Waals surface area contributed by atoms with E-state index < -0.39 is 0 Å². The highest BCUT2D eigenvalue weighted by molar-refractivity contribution is 5.84. The highest BCUT2D eigenvalue weighted by atomic mass is 15.2. The van der Waals surface area contributed by atoms with Crippen molar-refractivity contribution in [2.75, 3.05) is 13.1 Å². The number of fused-ring (bicyclic) bond motifs is 2. The smallest absolute Gasteiger partial charge is 0.191 e. The fourth-order valence-electron chi connectivity index (χ4n) is 3.65. The highest BCUT2D eigenvalue weighted by Crippen LogP contribution is 2.19. The minimum Gasteiger partial charge on any atom is -0.361 e. The molecule has 150 valence electrons. The molecule has 0 atom stereocenters. The Morgan fingerprint density at radius 3 is 2.86 bits per heavy atom. The van der Waals surface area contributed by atoms with Gasteiger partial charge in [0.25, 0.3) is 0 Å². The van der Waals surface area contributed by atoms with E-state index in [4.69, 9.17) is 9.98 Å². The summed E-state index contributed by atoms with van der Waals surface area (Å²) in [5, 5.41) is 8.06. The normalized spacial score (nSPS) is 12.0. The van der Waals surface area contributed by atoms with Gasteiger partial charge in [0.15, 0.2) is 5.96 Å². The Bertz CT molecular complexity index is 1150. The number of H-pyrrole nitrogens is 1. The summed E-state index contributed by atoms with van der Waals surface area (Å²) < 4.78 is 2.11. The second-order valence-corrected chi connectivity index (χ2v) is 7.31. The molecule has 2 aromatic heterocycles. The number of hydrogen-bond acceptors (Lipinski definition) is 2. The molecular weight excluding hydrogens is 360 g/mol. The Morgan fingerprint density at radius 1 is 1.17 bits per heavy atom. The van der Waals surface area contributed by atoms with Gasteiger partial charge in [0.05, 0.1) is 11.0 Å². The van der Waals surface area contributed by atoms with Gasteiger partial charge in [-0.2, -0.15) is 0 Å².